The van der Waals surface area contributed by atoms with Gasteiger partial charge in [-0.3, -0.25) is 9.17 Å². The van der Waals surface area contributed by atoms with Crippen LogP contribution in [-0.2, 0) is 27.3 Å². The SMILES string of the molecule is NS(=O)(=O)OCc1ncccc1C(F)(F)F. The maximum atomic E-state index is 12.4. The number of rotatable bonds is 3. The lowest BCUT2D eigenvalue weighted by Crippen LogP contribution is -2.18. The summed E-state index contributed by atoms with van der Waals surface area (Å²) in [4.78, 5) is 3.38. The Morgan fingerprint density at radius 1 is 1.44 bits per heavy atom. The number of aromatic nitrogens is 1. The summed E-state index contributed by atoms with van der Waals surface area (Å²) in [6.07, 6.45) is -3.53. The molecule has 0 radical (unpaired) electrons. The minimum Gasteiger partial charge on any atom is -0.258 e. The molecule has 1 aromatic heterocycles. The van der Waals surface area contributed by atoms with Crippen molar-refractivity contribution in [2.24, 2.45) is 5.14 Å². The lowest BCUT2D eigenvalue weighted by molar-refractivity contribution is -0.138. The van der Waals surface area contributed by atoms with Crippen LogP contribution >= 0.6 is 0 Å². The second-order valence-electron chi connectivity index (χ2n) is 2.75. The Hall–Kier alpha value is -1.19. The van der Waals surface area contributed by atoms with Gasteiger partial charge in [0, 0.05) is 6.20 Å². The highest BCUT2D eigenvalue weighted by Gasteiger charge is 2.34. The van der Waals surface area contributed by atoms with Crippen molar-refractivity contribution in [3.05, 3.63) is 29.6 Å². The van der Waals surface area contributed by atoms with Gasteiger partial charge in [0.15, 0.2) is 0 Å². The van der Waals surface area contributed by atoms with E-state index in [0.29, 0.717) is 0 Å². The molecule has 1 aromatic rings. The molecule has 0 unspecified atom stereocenters. The van der Waals surface area contributed by atoms with Crippen molar-refractivity contribution in [2.75, 3.05) is 0 Å². The molecule has 0 aliphatic heterocycles. The van der Waals surface area contributed by atoms with Crippen LogP contribution in [0, 0.1) is 0 Å². The molecule has 0 spiro atoms. The van der Waals surface area contributed by atoms with Crippen molar-refractivity contribution in [1.82, 2.24) is 4.98 Å². The van der Waals surface area contributed by atoms with Crippen LogP contribution in [0.5, 0.6) is 0 Å². The lowest BCUT2D eigenvalue weighted by atomic mass is 10.2. The monoisotopic (exact) mass is 256 g/mol. The van der Waals surface area contributed by atoms with Gasteiger partial charge in [-0.15, -0.1) is 0 Å². The first-order chi connectivity index (χ1) is 7.20. The zero-order valence-corrected chi connectivity index (χ0v) is 8.55. The van der Waals surface area contributed by atoms with Crippen molar-refractivity contribution in [3.8, 4) is 0 Å². The summed E-state index contributed by atoms with van der Waals surface area (Å²) in [5.74, 6) is 0. The first-order valence-electron chi connectivity index (χ1n) is 3.88. The number of nitrogens with zero attached hydrogens (tertiary/aromatic N) is 1. The number of nitrogens with two attached hydrogens (primary N) is 1. The summed E-state index contributed by atoms with van der Waals surface area (Å²) < 4.78 is 62.0. The van der Waals surface area contributed by atoms with Gasteiger partial charge in [-0.1, -0.05) is 0 Å². The number of hydrogen-bond donors (Lipinski definition) is 1. The Morgan fingerprint density at radius 2 is 2.06 bits per heavy atom. The average Bonchev–Trinajstić information content (AvgIpc) is 2.12. The third-order valence-electron chi connectivity index (χ3n) is 1.56. The molecule has 0 aromatic carbocycles. The van der Waals surface area contributed by atoms with Gasteiger partial charge >= 0.3 is 16.5 Å². The summed E-state index contributed by atoms with van der Waals surface area (Å²) in [6.45, 7) is -0.853. The maximum absolute atomic E-state index is 12.4. The largest absolute Gasteiger partial charge is 0.418 e. The highest BCUT2D eigenvalue weighted by atomic mass is 32.2. The summed E-state index contributed by atoms with van der Waals surface area (Å²) >= 11 is 0. The van der Waals surface area contributed by atoms with E-state index in [1.165, 1.54) is 0 Å². The Bertz CT molecular complexity index is 472. The fraction of sp³-hybridized carbons (Fsp3) is 0.286. The van der Waals surface area contributed by atoms with Crippen LogP contribution in [0.1, 0.15) is 11.3 Å². The fourth-order valence-corrected chi connectivity index (χ4v) is 1.22. The molecule has 16 heavy (non-hydrogen) atoms. The quantitative estimate of drug-likeness (QED) is 0.867. The van der Waals surface area contributed by atoms with Crippen molar-refractivity contribution >= 4 is 10.3 Å². The van der Waals surface area contributed by atoms with Crippen LogP contribution < -0.4 is 5.14 Å². The topological polar surface area (TPSA) is 82.3 Å². The molecule has 0 saturated carbocycles. The molecule has 0 bridgehead atoms. The van der Waals surface area contributed by atoms with E-state index in [1.807, 2.05) is 0 Å². The van der Waals surface area contributed by atoms with Gasteiger partial charge in [0.25, 0.3) is 0 Å². The molecule has 90 valence electrons. The zero-order chi connectivity index (χ0) is 12.4. The molecular weight excluding hydrogens is 249 g/mol. The molecule has 5 nitrogen and oxygen atoms in total. The Labute approximate surface area is 89.3 Å². The molecule has 0 atom stereocenters. The Kier molecular flexibility index (Phi) is 3.51. The summed E-state index contributed by atoms with van der Waals surface area (Å²) in [6, 6.07) is 1.86. The van der Waals surface area contributed by atoms with Gasteiger partial charge in [-0.2, -0.15) is 21.6 Å². The minimum atomic E-state index is -4.62. The van der Waals surface area contributed by atoms with Gasteiger partial charge in [0.05, 0.1) is 11.3 Å². The molecule has 0 amide bonds. The highest BCUT2D eigenvalue weighted by molar-refractivity contribution is 7.84. The standard InChI is InChI=1S/C7H7F3N2O3S/c8-7(9,10)5-2-1-3-12-6(5)4-15-16(11,13)14/h1-3H,4H2,(H2,11,13,14). The summed E-state index contributed by atoms with van der Waals surface area (Å²) in [5, 5.41) is 4.48. The van der Waals surface area contributed by atoms with Crippen LogP contribution in [0.25, 0.3) is 0 Å². The third kappa shape index (κ3) is 3.76. The molecule has 2 N–H and O–H groups in total. The minimum absolute atomic E-state index is 0.538. The summed E-state index contributed by atoms with van der Waals surface area (Å²) in [7, 11) is -4.29. The predicted molar refractivity (Wildman–Crippen MR) is 47.1 cm³/mol. The van der Waals surface area contributed by atoms with Gasteiger partial charge in [-0.05, 0) is 12.1 Å². The number of alkyl halides is 3. The van der Waals surface area contributed by atoms with E-state index in [9.17, 15) is 21.6 Å². The molecule has 0 saturated heterocycles. The molecule has 0 aliphatic rings. The second-order valence-corrected chi connectivity index (χ2v) is 3.97. The van der Waals surface area contributed by atoms with Crippen molar-refractivity contribution in [2.45, 2.75) is 12.8 Å². The number of halogens is 3. The van der Waals surface area contributed by atoms with Crippen molar-refractivity contribution in [1.29, 1.82) is 0 Å². The van der Waals surface area contributed by atoms with E-state index in [2.05, 4.69) is 14.3 Å². The van der Waals surface area contributed by atoms with Crippen LogP contribution in [0.3, 0.4) is 0 Å². The van der Waals surface area contributed by atoms with Crippen molar-refractivity contribution in [3.63, 3.8) is 0 Å². The van der Waals surface area contributed by atoms with E-state index in [-0.39, 0.29) is 0 Å². The van der Waals surface area contributed by atoms with Gasteiger partial charge < -0.3 is 0 Å². The first kappa shape index (κ1) is 12.9. The van der Waals surface area contributed by atoms with Gasteiger partial charge in [0.1, 0.15) is 6.61 Å². The molecule has 0 fully saturated rings. The highest BCUT2D eigenvalue weighted by Crippen LogP contribution is 2.31. The van der Waals surface area contributed by atoms with E-state index < -0.39 is 34.3 Å². The summed E-state index contributed by atoms with van der Waals surface area (Å²) in [5.41, 5.74) is -1.59. The first-order valence-corrected chi connectivity index (χ1v) is 5.35. The second kappa shape index (κ2) is 4.36. The van der Waals surface area contributed by atoms with Crippen LogP contribution in [0.2, 0.25) is 0 Å². The van der Waals surface area contributed by atoms with Crippen molar-refractivity contribution < 1.29 is 25.8 Å². The molecule has 1 heterocycles. The number of pyridine rings is 1. The predicted octanol–water partition coefficient (Wildman–Crippen LogP) is 0.821. The molecule has 1 rings (SSSR count). The Balaban J connectivity index is 2.97. The molecular formula is C7H7F3N2O3S. The maximum Gasteiger partial charge on any atom is 0.418 e. The molecule has 9 heteroatoms. The normalized spacial score (nSPS) is 12.8. The number of hydrogen-bond acceptors (Lipinski definition) is 4. The molecule has 0 aliphatic carbocycles. The van der Waals surface area contributed by atoms with Crippen LogP contribution in [0.15, 0.2) is 18.3 Å². The van der Waals surface area contributed by atoms with Gasteiger partial charge in [-0.25, -0.2) is 5.14 Å². The smallest absolute Gasteiger partial charge is 0.258 e. The fourth-order valence-electron chi connectivity index (χ4n) is 0.949. The van der Waals surface area contributed by atoms with E-state index in [1.54, 1.807) is 0 Å². The van der Waals surface area contributed by atoms with Gasteiger partial charge in [0.2, 0.25) is 0 Å². The third-order valence-corrected chi connectivity index (χ3v) is 2.00. The van der Waals surface area contributed by atoms with E-state index in [4.69, 9.17) is 0 Å². The lowest BCUT2D eigenvalue weighted by Gasteiger charge is -2.10. The van der Waals surface area contributed by atoms with E-state index in [0.717, 1.165) is 18.3 Å². The average molecular weight is 256 g/mol. The zero-order valence-electron chi connectivity index (χ0n) is 7.73. The van der Waals surface area contributed by atoms with Crippen LogP contribution in [-0.4, -0.2) is 13.4 Å². The Morgan fingerprint density at radius 3 is 2.56 bits per heavy atom. The van der Waals surface area contributed by atoms with E-state index >= 15 is 0 Å². The van der Waals surface area contributed by atoms with Crippen LogP contribution in [0.4, 0.5) is 13.2 Å².